The maximum Gasteiger partial charge on any atom is 0.252 e. The minimum absolute atomic E-state index is 0.0717. The summed E-state index contributed by atoms with van der Waals surface area (Å²) >= 11 is 5.87. The summed E-state index contributed by atoms with van der Waals surface area (Å²) in [6.45, 7) is 2.66. The largest absolute Gasteiger partial charge is 0.353 e. The molecule has 0 saturated heterocycles. The Kier molecular flexibility index (Phi) is 4.47. The third-order valence-electron chi connectivity index (χ3n) is 4.03. The van der Waals surface area contributed by atoms with Gasteiger partial charge in [0, 0.05) is 30.8 Å². The Morgan fingerprint density at radius 3 is 2.95 bits per heavy atom. The molecule has 0 aromatic carbocycles. The number of halogens is 1. The molecule has 6 nitrogen and oxygen atoms in total. The lowest BCUT2D eigenvalue weighted by Crippen LogP contribution is -2.22. The van der Waals surface area contributed by atoms with Crippen molar-refractivity contribution in [3.05, 3.63) is 39.5 Å². The highest BCUT2D eigenvalue weighted by Gasteiger charge is 2.17. The first kappa shape index (κ1) is 15.1. The second kappa shape index (κ2) is 6.52. The number of rotatable bonds is 5. The molecule has 1 saturated carbocycles. The molecule has 3 rings (SSSR count). The number of hydrogen-bond donors (Lipinski definition) is 2. The molecular weight excluding hydrogens is 302 g/mol. The fourth-order valence-corrected chi connectivity index (χ4v) is 3.03. The molecule has 1 atom stereocenters. The zero-order chi connectivity index (χ0) is 15.5. The number of hydrogen-bond acceptors (Lipinski definition) is 4. The van der Waals surface area contributed by atoms with Gasteiger partial charge in [-0.1, -0.05) is 31.4 Å². The first-order valence-electron chi connectivity index (χ1n) is 7.66. The van der Waals surface area contributed by atoms with Gasteiger partial charge >= 0.3 is 0 Å². The van der Waals surface area contributed by atoms with E-state index in [1.54, 1.807) is 23.1 Å². The first-order chi connectivity index (χ1) is 10.6. The number of H-pyrrole nitrogens is 1. The van der Waals surface area contributed by atoms with Gasteiger partial charge in [-0.3, -0.25) is 14.5 Å². The monoisotopic (exact) mass is 321 g/mol. The van der Waals surface area contributed by atoms with E-state index < -0.39 is 0 Å². The quantitative estimate of drug-likeness (QED) is 0.888. The highest BCUT2D eigenvalue weighted by Crippen LogP contribution is 2.21. The fraction of sp³-hybridized carbons (Fsp3) is 0.533. The van der Waals surface area contributed by atoms with E-state index in [0.29, 0.717) is 23.6 Å². The lowest BCUT2D eigenvalue weighted by atomic mass is 10.1. The Balaban J connectivity index is 1.74. The topological polar surface area (TPSA) is 75.6 Å². The number of nitrogens with zero attached hydrogens (tertiary/aromatic N) is 3. The molecule has 1 aliphatic rings. The lowest BCUT2D eigenvalue weighted by Gasteiger charge is -2.15. The van der Waals surface area contributed by atoms with Crippen LogP contribution in [0.25, 0.3) is 0 Å². The van der Waals surface area contributed by atoms with Crippen molar-refractivity contribution in [3.63, 3.8) is 0 Å². The van der Waals surface area contributed by atoms with Crippen LogP contribution in [-0.2, 0) is 6.54 Å². The molecule has 0 spiro atoms. The van der Waals surface area contributed by atoms with Crippen LogP contribution in [0.4, 0.5) is 5.95 Å². The Hall–Kier alpha value is -1.82. The molecule has 118 valence electrons. The van der Waals surface area contributed by atoms with E-state index in [0.717, 1.165) is 18.5 Å². The second-order valence-electron chi connectivity index (χ2n) is 5.93. The van der Waals surface area contributed by atoms with Crippen LogP contribution in [0.2, 0.25) is 5.02 Å². The summed E-state index contributed by atoms with van der Waals surface area (Å²) in [6, 6.07) is 1.97. The highest BCUT2D eigenvalue weighted by atomic mass is 35.5. The molecule has 2 heterocycles. The molecule has 1 fully saturated rings. The molecule has 0 radical (unpaired) electrons. The van der Waals surface area contributed by atoms with E-state index in [1.165, 1.54) is 12.8 Å². The number of aromatic amines is 1. The van der Waals surface area contributed by atoms with Gasteiger partial charge in [-0.05, 0) is 12.8 Å². The van der Waals surface area contributed by atoms with Crippen molar-refractivity contribution in [1.29, 1.82) is 0 Å². The zero-order valence-electron chi connectivity index (χ0n) is 12.6. The van der Waals surface area contributed by atoms with Crippen molar-refractivity contribution in [1.82, 2.24) is 19.7 Å². The lowest BCUT2D eigenvalue weighted by molar-refractivity contribution is 0.533. The van der Waals surface area contributed by atoms with Crippen LogP contribution in [0.15, 0.2) is 23.3 Å². The van der Waals surface area contributed by atoms with Crippen LogP contribution in [0.1, 0.15) is 44.2 Å². The van der Waals surface area contributed by atoms with Gasteiger partial charge in [-0.15, -0.1) is 0 Å². The molecule has 2 N–H and O–H groups in total. The van der Waals surface area contributed by atoms with Gasteiger partial charge < -0.3 is 5.32 Å². The highest BCUT2D eigenvalue weighted by molar-refractivity contribution is 6.30. The van der Waals surface area contributed by atoms with E-state index >= 15 is 0 Å². The van der Waals surface area contributed by atoms with E-state index in [1.807, 2.05) is 6.92 Å². The van der Waals surface area contributed by atoms with Crippen molar-refractivity contribution in [3.8, 4) is 0 Å². The minimum Gasteiger partial charge on any atom is -0.353 e. The molecule has 1 aliphatic carbocycles. The molecule has 0 amide bonds. The number of nitrogens with one attached hydrogen (secondary N) is 2. The first-order valence-corrected chi connectivity index (χ1v) is 8.04. The second-order valence-corrected chi connectivity index (χ2v) is 6.36. The van der Waals surface area contributed by atoms with Crippen LogP contribution in [-0.4, -0.2) is 25.8 Å². The van der Waals surface area contributed by atoms with E-state index in [-0.39, 0.29) is 11.5 Å². The van der Waals surface area contributed by atoms with Crippen LogP contribution >= 0.6 is 11.6 Å². The molecule has 0 aliphatic heterocycles. The summed E-state index contributed by atoms with van der Waals surface area (Å²) in [5.74, 6) is 0.641. The Bertz CT molecular complexity index is 689. The van der Waals surface area contributed by atoms with Crippen molar-refractivity contribution in [2.75, 3.05) is 5.32 Å². The molecule has 7 heteroatoms. The normalized spacial score (nSPS) is 16.8. The van der Waals surface area contributed by atoms with Crippen LogP contribution in [0.5, 0.6) is 0 Å². The average Bonchev–Trinajstić information content (AvgIpc) is 3.10. The summed E-state index contributed by atoms with van der Waals surface area (Å²) in [5.41, 5.74) is 0.631. The maximum absolute atomic E-state index is 11.9. The van der Waals surface area contributed by atoms with Crippen LogP contribution in [0.3, 0.4) is 0 Å². The molecule has 22 heavy (non-hydrogen) atoms. The predicted octanol–water partition coefficient (Wildman–Crippen LogP) is 2.78. The van der Waals surface area contributed by atoms with Gasteiger partial charge in [0.15, 0.2) is 0 Å². The summed E-state index contributed by atoms with van der Waals surface area (Å²) in [6.07, 6.45) is 8.11. The molecular formula is C15H20ClN5O. The number of aromatic nitrogens is 4. The Morgan fingerprint density at radius 2 is 2.27 bits per heavy atom. The van der Waals surface area contributed by atoms with Crippen LogP contribution in [0, 0.1) is 0 Å². The SMILES string of the molecule is C[C@@H](Cn1cc(Cl)cn1)c1cc(=O)[nH]c(NC2CCCC2)n1. The van der Waals surface area contributed by atoms with Crippen molar-refractivity contribution in [2.24, 2.45) is 0 Å². The number of anilines is 1. The molecule has 0 unspecified atom stereocenters. The smallest absolute Gasteiger partial charge is 0.252 e. The van der Waals surface area contributed by atoms with Gasteiger partial charge in [-0.25, -0.2) is 4.98 Å². The third kappa shape index (κ3) is 3.68. The van der Waals surface area contributed by atoms with E-state index in [4.69, 9.17) is 11.6 Å². The van der Waals surface area contributed by atoms with Gasteiger partial charge in [0.05, 0.1) is 16.9 Å². The zero-order valence-corrected chi connectivity index (χ0v) is 13.3. The third-order valence-corrected chi connectivity index (χ3v) is 4.22. The summed E-state index contributed by atoms with van der Waals surface area (Å²) < 4.78 is 1.76. The van der Waals surface area contributed by atoms with Gasteiger partial charge in [0.1, 0.15) is 0 Å². The van der Waals surface area contributed by atoms with Crippen molar-refractivity contribution in [2.45, 2.75) is 51.1 Å². The predicted molar refractivity (Wildman–Crippen MR) is 86.4 cm³/mol. The van der Waals surface area contributed by atoms with E-state index in [2.05, 4.69) is 20.4 Å². The summed E-state index contributed by atoms with van der Waals surface area (Å²) in [7, 11) is 0. The van der Waals surface area contributed by atoms with Crippen molar-refractivity contribution >= 4 is 17.5 Å². The molecule has 2 aromatic heterocycles. The van der Waals surface area contributed by atoms with Gasteiger partial charge in [0.2, 0.25) is 5.95 Å². The van der Waals surface area contributed by atoms with Gasteiger partial charge in [0.25, 0.3) is 5.56 Å². The van der Waals surface area contributed by atoms with Crippen LogP contribution < -0.4 is 10.9 Å². The van der Waals surface area contributed by atoms with Crippen molar-refractivity contribution < 1.29 is 0 Å². The van der Waals surface area contributed by atoms with E-state index in [9.17, 15) is 4.79 Å². The Labute approximate surface area is 133 Å². The van der Waals surface area contributed by atoms with Gasteiger partial charge in [-0.2, -0.15) is 5.10 Å². The molecule has 2 aromatic rings. The summed E-state index contributed by atoms with van der Waals surface area (Å²) in [4.78, 5) is 19.2. The standard InChI is InChI=1S/C15H20ClN5O/c1-10(8-21-9-11(16)7-17-21)13-6-14(22)20-15(19-13)18-12-4-2-3-5-12/h6-7,9-10,12H,2-5,8H2,1H3,(H2,18,19,20,22)/t10-/m0/s1. The Morgan fingerprint density at radius 1 is 1.50 bits per heavy atom. The fourth-order valence-electron chi connectivity index (χ4n) is 2.87. The molecule has 0 bridgehead atoms. The minimum atomic E-state index is -0.129. The average molecular weight is 322 g/mol. The maximum atomic E-state index is 11.9. The summed E-state index contributed by atoms with van der Waals surface area (Å²) in [5, 5.41) is 8.11.